The van der Waals surface area contributed by atoms with E-state index in [-0.39, 0.29) is 24.9 Å². The third kappa shape index (κ3) is 2.34. The number of rotatable bonds is 1. The summed E-state index contributed by atoms with van der Waals surface area (Å²) in [6.07, 6.45) is 0. The second-order valence-electron chi connectivity index (χ2n) is 4.18. The Hall–Kier alpha value is -1.36. The standard InChI is InChI=1S/C12H13BrN2O2/c1-8-3-4-10(9(13)5-8)15-7-11(16)14(2)6-12(15)17/h3-5H,6-7H2,1-2H3. The molecule has 1 saturated heterocycles. The normalized spacial score (nSPS) is 16.6. The summed E-state index contributed by atoms with van der Waals surface area (Å²) in [5, 5.41) is 0. The Balaban J connectivity index is 2.33. The summed E-state index contributed by atoms with van der Waals surface area (Å²) in [5.41, 5.74) is 1.86. The topological polar surface area (TPSA) is 40.6 Å². The van der Waals surface area contributed by atoms with Gasteiger partial charge in [-0.25, -0.2) is 0 Å². The van der Waals surface area contributed by atoms with E-state index in [0.717, 1.165) is 15.7 Å². The SMILES string of the molecule is Cc1ccc(N2CC(=O)N(C)CC2=O)c(Br)c1. The molecule has 1 heterocycles. The molecule has 4 nitrogen and oxygen atoms in total. The van der Waals surface area contributed by atoms with Crippen LogP contribution in [0.1, 0.15) is 5.56 Å². The van der Waals surface area contributed by atoms with Crippen molar-refractivity contribution >= 4 is 33.4 Å². The van der Waals surface area contributed by atoms with Crippen LogP contribution in [0.15, 0.2) is 22.7 Å². The molecule has 0 unspecified atom stereocenters. The smallest absolute Gasteiger partial charge is 0.247 e. The van der Waals surface area contributed by atoms with E-state index in [0.29, 0.717) is 0 Å². The van der Waals surface area contributed by atoms with E-state index in [4.69, 9.17) is 0 Å². The Morgan fingerprint density at radius 2 is 1.88 bits per heavy atom. The largest absolute Gasteiger partial charge is 0.335 e. The van der Waals surface area contributed by atoms with Gasteiger partial charge in [-0.2, -0.15) is 0 Å². The fraction of sp³-hybridized carbons (Fsp3) is 0.333. The van der Waals surface area contributed by atoms with Crippen LogP contribution in [0.25, 0.3) is 0 Å². The van der Waals surface area contributed by atoms with Crippen molar-refractivity contribution in [2.75, 3.05) is 25.0 Å². The number of anilines is 1. The van der Waals surface area contributed by atoms with Gasteiger partial charge in [-0.05, 0) is 40.5 Å². The predicted molar refractivity (Wildman–Crippen MR) is 68.9 cm³/mol. The Morgan fingerprint density at radius 1 is 1.18 bits per heavy atom. The number of benzene rings is 1. The number of amides is 2. The summed E-state index contributed by atoms with van der Waals surface area (Å²) in [7, 11) is 1.64. The summed E-state index contributed by atoms with van der Waals surface area (Å²) in [6.45, 7) is 2.22. The minimum Gasteiger partial charge on any atom is -0.335 e. The van der Waals surface area contributed by atoms with Crippen molar-refractivity contribution in [3.8, 4) is 0 Å². The first-order chi connectivity index (χ1) is 7.99. The Morgan fingerprint density at radius 3 is 2.53 bits per heavy atom. The van der Waals surface area contributed by atoms with Gasteiger partial charge < -0.3 is 9.80 Å². The molecule has 1 aliphatic heterocycles. The van der Waals surface area contributed by atoms with Crippen molar-refractivity contribution in [2.45, 2.75) is 6.92 Å². The summed E-state index contributed by atoms with van der Waals surface area (Å²) < 4.78 is 0.836. The number of aryl methyl sites for hydroxylation is 1. The molecular formula is C12H13BrN2O2. The number of carbonyl (C=O) groups is 2. The van der Waals surface area contributed by atoms with Crippen LogP contribution < -0.4 is 4.90 Å². The second-order valence-corrected chi connectivity index (χ2v) is 5.04. The molecule has 0 N–H and O–H groups in total. The molecule has 1 aromatic rings. The number of halogens is 1. The van der Waals surface area contributed by atoms with Crippen LogP contribution in [0.4, 0.5) is 5.69 Å². The van der Waals surface area contributed by atoms with Crippen molar-refractivity contribution in [3.05, 3.63) is 28.2 Å². The van der Waals surface area contributed by atoms with Crippen LogP contribution in [0, 0.1) is 6.92 Å². The zero-order chi connectivity index (χ0) is 12.6. The maximum atomic E-state index is 11.9. The molecule has 17 heavy (non-hydrogen) atoms. The summed E-state index contributed by atoms with van der Waals surface area (Å²) in [6, 6.07) is 5.72. The summed E-state index contributed by atoms with van der Waals surface area (Å²) in [5.74, 6) is -0.103. The molecule has 1 fully saturated rings. The molecule has 90 valence electrons. The van der Waals surface area contributed by atoms with Gasteiger partial charge in [0.05, 0.1) is 12.2 Å². The molecule has 2 rings (SSSR count). The average Bonchev–Trinajstić information content (AvgIpc) is 2.24. The number of hydrogen-bond acceptors (Lipinski definition) is 2. The van der Waals surface area contributed by atoms with Crippen molar-refractivity contribution in [1.29, 1.82) is 0 Å². The van der Waals surface area contributed by atoms with Gasteiger partial charge in [0.2, 0.25) is 11.8 Å². The minimum atomic E-state index is -0.0587. The molecule has 0 bridgehead atoms. The highest BCUT2D eigenvalue weighted by Crippen LogP contribution is 2.28. The van der Waals surface area contributed by atoms with E-state index in [2.05, 4.69) is 15.9 Å². The third-order valence-electron chi connectivity index (χ3n) is 2.79. The first-order valence-electron chi connectivity index (χ1n) is 5.29. The molecule has 1 aromatic carbocycles. The van der Waals surface area contributed by atoms with Gasteiger partial charge in [0.1, 0.15) is 6.54 Å². The van der Waals surface area contributed by atoms with Gasteiger partial charge in [-0.15, -0.1) is 0 Å². The lowest BCUT2D eigenvalue weighted by molar-refractivity contribution is -0.136. The van der Waals surface area contributed by atoms with Crippen LogP contribution in [0.5, 0.6) is 0 Å². The zero-order valence-corrected chi connectivity index (χ0v) is 11.3. The Kier molecular flexibility index (Phi) is 3.19. The van der Waals surface area contributed by atoms with Crippen LogP contribution in [0.2, 0.25) is 0 Å². The lowest BCUT2D eigenvalue weighted by atomic mass is 10.2. The quantitative estimate of drug-likeness (QED) is 0.789. The van der Waals surface area contributed by atoms with E-state index in [9.17, 15) is 9.59 Å². The number of likely N-dealkylation sites (N-methyl/N-ethyl adjacent to an activating group) is 1. The third-order valence-corrected chi connectivity index (χ3v) is 3.42. The van der Waals surface area contributed by atoms with Crippen molar-refractivity contribution in [2.24, 2.45) is 0 Å². The fourth-order valence-corrected chi connectivity index (χ4v) is 2.48. The van der Waals surface area contributed by atoms with Gasteiger partial charge in [0, 0.05) is 11.5 Å². The summed E-state index contributed by atoms with van der Waals surface area (Å²) >= 11 is 3.43. The highest BCUT2D eigenvalue weighted by atomic mass is 79.9. The highest BCUT2D eigenvalue weighted by Gasteiger charge is 2.29. The van der Waals surface area contributed by atoms with Gasteiger partial charge in [0.15, 0.2) is 0 Å². The fourth-order valence-electron chi connectivity index (χ4n) is 1.77. The van der Waals surface area contributed by atoms with Crippen molar-refractivity contribution < 1.29 is 9.59 Å². The molecule has 0 aliphatic carbocycles. The van der Waals surface area contributed by atoms with Crippen molar-refractivity contribution in [1.82, 2.24) is 4.90 Å². The lowest BCUT2D eigenvalue weighted by Gasteiger charge is -2.32. The number of nitrogens with zero attached hydrogens (tertiary/aromatic N) is 2. The van der Waals surface area contributed by atoms with Gasteiger partial charge in [-0.1, -0.05) is 6.07 Å². The van der Waals surface area contributed by atoms with E-state index in [1.54, 1.807) is 7.05 Å². The molecule has 0 spiro atoms. The maximum Gasteiger partial charge on any atom is 0.247 e. The molecule has 0 saturated carbocycles. The van der Waals surface area contributed by atoms with Crippen LogP contribution in [0.3, 0.4) is 0 Å². The Bertz CT molecular complexity index is 487. The molecule has 2 amide bonds. The first kappa shape index (κ1) is 12.1. The first-order valence-corrected chi connectivity index (χ1v) is 6.09. The molecule has 5 heteroatoms. The monoisotopic (exact) mass is 296 g/mol. The van der Waals surface area contributed by atoms with Crippen LogP contribution in [-0.4, -0.2) is 36.9 Å². The van der Waals surface area contributed by atoms with E-state index < -0.39 is 0 Å². The molecule has 1 aliphatic rings. The van der Waals surface area contributed by atoms with E-state index in [1.807, 2.05) is 25.1 Å². The van der Waals surface area contributed by atoms with Crippen LogP contribution in [-0.2, 0) is 9.59 Å². The second kappa shape index (κ2) is 4.49. The average molecular weight is 297 g/mol. The number of hydrogen-bond donors (Lipinski definition) is 0. The van der Waals surface area contributed by atoms with Gasteiger partial charge in [-0.3, -0.25) is 9.59 Å². The highest BCUT2D eigenvalue weighted by molar-refractivity contribution is 9.10. The molecule has 0 radical (unpaired) electrons. The molecule has 0 atom stereocenters. The number of carbonyl (C=O) groups excluding carboxylic acids is 2. The minimum absolute atomic E-state index is 0.0444. The lowest BCUT2D eigenvalue weighted by Crippen LogP contribution is -2.52. The zero-order valence-electron chi connectivity index (χ0n) is 9.74. The van der Waals surface area contributed by atoms with Crippen LogP contribution >= 0.6 is 15.9 Å². The number of piperazine rings is 1. The summed E-state index contributed by atoms with van der Waals surface area (Å²) in [4.78, 5) is 26.5. The van der Waals surface area contributed by atoms with E-state index >= 15 is 0 Å². The maximum absolute atomic E-state index is 11.9. The van der Waals surface area contributed by atoms with Gasteiger partial charge in [0.25, 0.3) is 0 Å². The predicted octanol–water partition coefficient (Wildman–Crippen LogP) is 1.56. The molecular weight excluding hydrogens is 284 g/mol. The van der Waals surface area contributed by atoms with Gasteiger partial charge >= 0.3 is 0 Å². The van der Waals surface area contributed by atoms with Crippen molar-refractivity contribution in [3.63, 3.8) is 0 Å². The molecule has 0 aromatic heterocycles. The van der Waals surface area contributed by atoms with E-state index in [1.165, 1.54) is 9.80 Å². The Labute approximate surface area is 108 Å².